The molecule has 0 aromatic heterocycles. The standard InChI is InChI=1S/C22H27N5O2S.HI/c1-23-22(25-12-14-30-19-5-3-2-4-6-19)26-15-17-7-9-18(10-8-17)21(29)27-13-11-24-20(28)16-27;/h2-10H,11-16H2,1H3,(H,24,28)(H2,23,25,26);1H. The van der Waals surface area contributed by atoms with Crippen molar-refractivity contribution in [1.29, 1.82) is 0 Å². The van der Waals surface area contributed by atoms with Gasteiger partial charge in [-0.3, -0.25) is 14.6 Å². The molecule has 0 unspecified atom stereocenters. The quantitative estimate of drug-likeness (QED) is 0.161. The van der Waals surface area contributed by atoms with Gasteiger partial charge in [-0.25, -0.2) is 0 Å². The number of thioether (sulfide) groups is 1. The van der Waals surface area contributed by atoms with Crippen LogP contribution in [0.15, 0.2) is 64.5 Å². The van der Waals surface area contributed by atoms with Gasteiger partial charge in [0.1, 0.15) is 0 Å². The van der Waals surface area contributed by atoms with Gasteiger partial charge in [-0.1, -0.05) is 30.3 Å². The number of benzene rings is 2. The van der Waals surface area contributed by atoms with Crippen LogP contribution in [-0.4, -0.2) is 61.7 Å². The molecule has 1 aliphatic heterocycles. The molecule has 0 aliphatic carbocycles. The Morgan fingerprint density at radius 1 is 1.13 bits per heavy atom. The number of piperazine rings is 1. The first kappa shape index (κ1) is 25.0. The van der Waals surface area contributed by atoms with Crippen molar-refractivity contribution >= 4 is 53.5 Å². The number of halogens is 1. The monoisotopic (exact) mass is 553 g/mol. The number of guanidine groups is 1. The smallest absolute Gasteiger partial charge is 0.254 e. The third-order valence-corrected chi connectivity index (χ3v) is 5.63. The maximum atomic E-state index is 12.5. The maximum Gasteiger partial charge on any atom is 0.254 e. The van der Waals surface area contributed by atoms with Gasteiger partial charge in [-0.15, -0.1) is 35.7 Å². The number of carbonyl (C=O) groups excluding carboxylic acids is 2. The topological polar surface area (TPSA) is 85.8 Å². The second-order valence-corrected chi connectivity index (χ2v) is 7.96. The molecular weight excluding hydrogens is 525 g/mol. The molecule has 1 aliphatic rings. The van der Waals surface area contributed by atoms with Crippen molar-refractivity contribution in [1.82, 2.24) is 20.9 Å². The summed E-state index contributed by atoms with van der Waals surface area (Å²) in [4.78, 5) is 31.1. The molecule has 1 fully saturated rings. The summed E-state index contributed by atoms with van der Waals surface area (Å²) in [5.74, 6) is 1.45. The molecule has 1 saturated heterocycles. The van der Waals surface area contributed by atoms with Crippen molar-refractivity contribution in [3.8, 4) is 0 Å². The number of amides is 2. The van der Waals surface area contributed by atoms with E-state index < -0.39 is 0 Å². The van der Waals surface area contributed by atoms with Crippen LogP contribution >= 0.6 is 35.7 Å². The van der Waals surface area contributed by atoms with Crippen molar-refractivity contribution in [2.24, 2.45) is 4.99 Å². The molecule has 9 heteroatoms. The maximum absolute atomic E-state index is 12.5. The molecule has 0 saturated carbocycles. The Hall–Kier alpha value is -2.27. The minimum Gasteiger partial charge on any atom is -0.356 e. The van der Waals surface area contributed by atoms with E-state index in [1.807, 2.05) is 30.3 Å². The van der Waals surface area contributed by atoms with E-state index in [0.29, 0.717) is 25.2 Å². The first-order chi connectivity index (χ1) is 14.7. The first-order valence-electron chi connectivity index (χ1n) is 9.93. The Morgan fingerprint density at radius 3 is 2.55 bits per heavy atom. The van der Waals surface area contributed by atoms with Crippen LogP contribution in [0, 0.1) is 0 Å². The molecule has 3 rings (SSSR count). The van der Waals surface area contributed by atoms with Gasteiger partial charge in [-0.05, 0) is 29.8 Å². The molecule has 2 aromatic carbocycles. The highest BCUT2D eigenvalue weighted by Crippen LogP contribution is 2.15. The fourth-order valence-electron chi connectivity index (χ4n) is 3.02. The van der Waals surface area contributed by atoms with Gasteiger partial charge in [-0.2, -0.15) is 0 Å². The summed E-state index contributed by atoms with van der Waals surface area (Å²) in [7, 11) is 1.75. The Morgan fingerprint density at radius 2 is 1.87 bits per heavy atom. The second-order valence-electron chi connectivity index (χ2n) is 6.79. The summed E-state index contributed by atoms with van der Waals surface area (Å²) in [6.45, 7) is 2.57. The minimum absolute atomic E-state index is 0. The molecule has 166 valence electrons. The summed E-state index contributed by atoms with van der Waals surface area (Å²) in [6.07, 6.45) is 0. The van der Waals surface area contributed by atoms with Gasteiger partial charge in [0.2, 0.25) is 5.91 Å². The van der Waals surface area contributed by atoms with Gasteiger partial charge in [0.25, 0.3) is 5.91 Å². The van der Waals surface area contributed by atoms with Crippen LogP contribution < -0.4 is 16.0 Å². The van der Waals surface area contributed by atoms with E-state index in [0.717, 1.165) is 23.8 Å². The Kier molecular flexibility index (Phi) is 10.6. The lowest BCUT2D eigenvalue weighted by molar-refractivity contribution is -0.123. The zero-order chi connectivity index (χ0) is 21.2. The zero-order valence-corrected chi connectivity index (χ0v) is 20.6. The molecule has 2 amide bonds. The van der Waals surface area contributed by atoms with Gasteiger partial charge in [0.05, 0.1) is 6.54 Å². The van der Waals surface area contributed by atoms with Crippen LogP contribution in [0.3, 0.4) is 0 Å². The van der Waals surface area contributed by atoms with E-state index in [2.05, 4.69) is 33.1 Å². The molecule has 2 aromatic rings. The molecule has 0 atom stereocenters. The van der Waals surface area contributed by atoms with Gasteiger partial charge >= 0.3 is 0 Å². The summed E-state index contributed by atoms with van der Waals surface area (Å²) in [6, 6.07) is 17.8. The average molecular weight is 553 g/mol. The van der Waals surface area contributed by atoms with Gasteiger partial charge < -0.3 is 20.9 Å². The molecular formula is C22H28IN5O2S. The lowest BCUT2D eigenvalue weighted by Gasteiger charge is -2.26. The number of aliphatic imine (C=N–C) groups is 1. The number of hydrogen-bond acceptors (Lipinski definition) is 4. The van der Waals surface area contributed by atoms with Gasteiger partial charge in [0, 0.05) is 49.4 Å². The van der Waals surface area contributed by atoms with E-state index >= 15 is 0 Å². The summed E-state index contributed by atoms with van der Waals surface area (Å²) in [5.41, 5.74) is 1.64. The normalized spacial score (nSPS) is 13.8. The minimum atomic E-state index is -0.114. The lowest BCUT2D eigenvalue weighted by Crippen LogP contribution is -2.49. The largest absolute Gasteiger partial charge is 0.356 e. The molecule has 0 bridgehead atoms. The summed E-state index contributed by atoms with van der Waals surface area (Å²) < 4.78 is 0. The second kappa shape index (κ2) is 13.2. The highest BCUT2D eigenvalue weighted by Gasteiger charge is 2.22. The van der Waals surface area contributed by atoms with Crippen molar-refractivity contribution in [2.45, 2.75) is 11.4 Å². The van der Waals surface area contributed by atoms with Crippen molar-refractivity contribution in [2.75, 3.05) is 39.0 Å². The fourth-order valence-corrected chi connectivity index (χ4v) is 3.81. The molecule has 3 N–H and O–H groups in total. The molecule has 0 spiro atoms. The first-order valence-corrected chi connectivity index (χ1v) is 10.9. The van der Waals surface area contributed by atoms with Crippen molar-refractivity contribution < 1.29 is 9.59 Å². The van der Waals surface area contributed by atoms with E-state index in [1.165, 1.54) is 4.90 Å². The number of nitrogens with zero attached hydrogens (tertiary/aromatic N) is 2. The van der Waals surface area contributed by atoms with Gasteiger partial charge in [0.15, 0.2) is 5.96 Å². The lowest BCUT2D eigenvalue weighted by atomic mass is 10.1. The predicted octanol–water partition coefficient (Wildman–Crippen LogP) is 2.33. The third kappa shape index (κ3) is 8.06. The highest BCUT2D eigenvalue weighted by atomic mass is 127. The Bertz CT molecular complexity index is 877. The molecule has 0 radical (unpaired) electrons. The Balaban J connectivity index is 0.00000341. The van der Waals surface area contributed by atoms with Crippen LogP contribution in [0.4, 0.5) is 0 Å². The average Bonchev–Trinajstić information content (AvgIpc) is 2.79. The molecule has 1 heterocycles. The van der Waals surface area contributed by atoms with E-state index in [9.17, 15) is 9.59 Å². The number of rotatable bonds is 7. The number of carbonyl (C=O) groups is 2. The van der Waals surface area contributed by atoms with Crippen LogP contribution in [0.25, 0.3) is 0 Å². The van der Waals surface area contributed by atoms with Crippen LogP contribution in [0.5, 0.6) is 0 Å². The zero-order valence-electron chi connectivity index (χ0n) is 17.5. The van der Waals surface area contributed by atoms with Crippen LogP contribution in [0.2, 0.25) is 0 Å². The van der Waals surface area contributed by atoms with E-state index in [1.54, 1.807) is 35.8 Å². The third-order valence-electron chi connectivity index (χ3n) is 4.62. The van der Waals surface area contributed by atoms with Crippen molar-refractivity contribution in [3.05, 3.63) is 65.7 Å². The van der Waals surface area contributed by atoms with Crippen molar-refractivity contribution in [3.63, 3.8) is 0 Å². The summed E-state index contributed by atoms with van der Waals surface area (Å²) in [5, 5.41) is 9.32. The van der Waals surface area contributed by atoms with E-state index in [4.69, 9.17) is 0 Å². The highest BCUT2D eigenvalue weighted by molar-refractivity contribution is 14.0. The molecule has 31 heavy (non-hydrogen) atoms. The fraction of sp³-hybridized carbons (Fsp3) is 0.318. The number of nitrogens with one attached hydrogen (secondary N) is 3. The predicted molar refractivity (Wildman–Crippen MR) is 136 cm³/mol. The SMILES string of the molecule is CN=C(NCCSc1ccccc1)NCc1ccc(C(=O)N2CCNC(=O)C2)cc1.I. The number of hydrogen-bond donors (Lipinski definition) is 3. The summed E-state index contributed by atoms with van der Waals surface area (Å²) >= 11 is 1.80. The molecule has 7 nitrogen and oxygen atoms in total. The Labute approximate surface area is 204 Å². The van der Waals surface area contributed by atoms with E-state index in [-0.39, 0.29) is 42.3 Å². The van der Waals surface area contributed by atoms with Crippen LogP contribution in [-0.2, 0) is 11.3 Å². The van der Waals surface area contributed by atoms with Crippen LogP contribution in [0.1, 0.15) is 15.9 Å².